The second-order valence-corrected chi connectivity index (χ2v) is 6.72. The molecule has 5 heteroatoms. The van der Waals surface area contributed by atoms with Crippen LogP contribution in [0.4, 0.5) is 0 Å². The Labute approximate surface area is 160 Å². The van der Waals surface area contributed by atoms with Gasteiger partial charge in [-0.2, -0.15) is 5.10 Å². The number of benzene rings is 2. The molecule has 0 unspecified atom stereocenters. The van der Waals surface area contributed by atoms with Crippen molar-refractivity contribution in [3.05, 3.63) is 88.7 Å². The molecule has 2 aromatic carbocycles. The van der Waals surface area contributed by atoms with Crippen LogP contribution in [-0.2, 0) is 19.6 Å². The number of thiocarbonyl (C=S) groups is 1. The molecule has 0 aliphatic carbocycles. The summed E-state index contributed by atoms with van der Waals surface area (Å²) in [6, 6.07) is 20.6. The largest absolute Gasteiger partial charge is 0.359 e. The van der Waals surface area contributed by atoms with E-state index in [-0.39, 0.29) is 0 Å². The van der Waals surface area contributed by atoms with E-state index in [9.17, 15) is 0 Å². The molecule has 4 nitrogen and oxygen atoms in total. The van der Waals surface area contributed by atoms with E-state index >= 15 is 0 Å². The smallest absolute Gasteiger partial charge is 0.166 e. The van der Waals surface area contributed by atoms with Crippen molar-refractivity contribution in [2.24, 2.45) is 0 Å². The van der Waals surface area contributed by atoms with Gasteiger partial charge in [-0.15, -0.1) is 0 Å². The number of nitrogens with zero attached hydrogens (tertiary/aromatic N) is 2. The summed E-state index contributed by atoms with van der Waals surface area (Å²) in [7, 11) is 0. The summed E-state index contributed by atoms with van der Waals surface area (Å²) in [5.74, 6) is 0. The standard InChI is InChI=1S/C21H24N4S/c1-16-20(14-23-21(26)22-13-18-9-5-3-6-10-18)17(2)25(24-16)15-19-11-7-4-8-12-19/h3-12H,13-15H2,1-2H3,(H2,22,23,26). The number of rotatable bonds is 6. The summed E-state index contributed by atoms with van der Waals surface area (Å²) in [4.78, 5) is 0. The average Bonchev–Trinajstić information content (AvgIpc) is 2.93. The molecule has 3 aromatic rings. The van der Waals surface area contributed by atoms with Crippen LogP contribution >= 0.6 is 12.2 Å². The lowest BCUT2D eigenvalue weighted by Gasteiger charge is -2.11. The highest BCUT2D eigenvalue weighted by atomic mass is 32.1. The first kappa shape index (κ1) is 18.1. The van der Waals surface area contributed by atoms with Crippen LogP contribution in [0.5, 0.6) is 0 Å². The van der Waals surface area contributed by atoms with E-state index in [1.165, 1.54) is 22.4 Å². The maximum Gasteiger partial charge on any atom is 0.166 e. The highest BCUT2D eigenvalue weighted by Crippen LogP contribution is 2.14. The van der Waals surface area contributed by atoms with Gasteiger partial charge in [-0.3, -0.25) is 4.68 Å². The molecule has 0 amide bonds. The predicted octanol–water partition coefficient (Wildman–Crippen LogP) is 3.71. The molecule has 0 saturated heterocycles. The number of aromatic nitrogens is 2. The Bertz CT molecular complexity index is 856. The van der Waals surface area contributed by atoms with Crippen LogP contribution in [-0.4, -0.2) is 14.9 Å². The van der Waals surface area contributed by atoms with E-state index in [4.69, 9.17) is 12.2 Å². The summed E-state index contributed by atoms with van der Waals surface area (Å²) in [6.45, 7) is 6.33. The summed E-state index contributed by atoms with van der Waals surface area (Å²) < 4.78 is 2.06. The van der Waals surface area contributed by atoms with Crippen LogP contribution < -0.4 is 10.6 Å². The Kier molecular flexibility index (Phi) is 6.02. The molecule has 0 radical (unpaired) electrons. The van der Waals surface area contributed by atoms with E-state index in [1.807, 2.05) is 31.2 Å². The molecule has 2 N–H and O–H groups in total. The SMILES string of the molecule is Cc1nn(Cc2ccccc2)c(C)c1CNC(=S)NCc1ccccc1. The molecule has 0 aliphatic rings. The molecule has 1 aromatic heterocycles. The van der Waals surface area contributed by atoms with Gasteiger partial charge in [-0.05, 0) is 37.2 Å². The van der Waals surface area contributed by atoms with Gasteiger partial charge in [0.15, 0.2) is 5.11 Å². The second-order valence-electron chi connectivity index (χ2n) is 6.31. The van der Waals surface area contributed by atoms with Gasteiger partial charge in [-0.25, -0.2) is 0 Å². The second kappa shape index (κ2) is 8.63. The van der Waals surface area contributed by atoms with Crippen molar-refractivity contribution in [3.63, 3.8) is 0 Å². The average molecular weight is 365 g/mol. The molecule has 134 valence electrons. The first-order valence-corrected chi connectivity index (χ1v) is 9.16. The molecule has 0 atom stereocenters. The van der Waals surface area contributed by atoms with Gasteiger partial charge in [0.05, 0.1) is 12.2 Å². The van der Waals surface area contributed by atoms with Crippen molar-refractivity contribution >= 4 is 17.3 Å². The lowest BCUT2D eigenvalue weighted by Crippen LogP contribution is -2.34. The number of aryl methyl sites for hydroxylation is 1. The summed E-state index contributed by atoms with van der Waals surface area (Å²) in [5.41, 5.74) is 5.86. The first-order valence-electron chi connectivity index (χ1n) is 8.76. The van der Waals surface area contributed by atoms with Crippen LogP contribution in [0, 0.1) is 13.8 Å². The van der Waals surface area contributed by atoms with Crippen molar-refractivity contribution in [1.82, 2.24) is 20.4 Å². The fourth-order valence-corrected chi connectivity index (χ4v) is 3.05. The van der Waals surface area contributed by atoms with Gasteiger partial charge < -0.3 is 10.6 Å². The Hall–Kier alpha value is -2.66. The Balaban J connectivity index is 1.57. The Morgan fingerprint density at radius 3 is 2.12 bits per heavy atom. The van der Waals surface area contributed by atoms with Crippen molar-refractivity contribution in [2.75, 3.05) is 0 Å². The van der Waals surface area contributed by atoms with Crippen molar-refractivity contribution in [1.29, 1.82) is 0 Å². The maximum absolute atomic E-state index is 5.40. The minimum Gasteiger partial charge on any atom is -0.359 e. The summed E-state index contributed by atoms with van der Waals surface area (Å²) >= 11 is 5.40. The van der Waals surface area contributed by atoms with Crippen molar-refractivity contribution in [2.45, 2.75) is 33.5 Å². The molecule has 0 saturated carbocycles. The third kappa shape index (κ3) is 4.70. The maximum atomic E-state index is 5.40. The zero-order valence-electron chi connectivity index (χ0n) is 15.2. The fraction of sp³-hybridized carbons (Fsp3) is 0.238. The van der Waals surface area contributed by atoms with Gasteiger partial charge in [0.1, 0.15) is 0 Å². The van der Waals surface area contributed by atoms with Crippen LogP contribution in [0.3, 0.4) is 0 Å². The molecular formula is C21H24N4S. The highest BCUT2D eigenvalue weighted by Gasteiger charge is 2.12. The minimum absolute atomic E-state index is 0.656. The molecular weight excluding hydrogens is 340 g/mol. The quantitative estimate of drug-likeness (QED) is 0.654. The lowest BCUT2D eigenvalue weighted by molar-refractivity contribution is 0.657. The summed E-state index contributed by atoms with van der Waals surface area (Å²) in [5, 5.41) is 11.9. The van der Waals surface area contributed by atoms with Crippen molar-refractivity contribution < 1.29 is 0 Å². The molecule has 0 aliphatic heterocycles. The lowest BCUT2D eigenvalue weighted by atomic mass is 10.2. The third-order valence-corrected chi connectivity index (χ3v) is 4.72. The van der Waals surface area contributed by atoms with Crippen molar-refractivity contribution in [3.8, 4) is 0 Å². The number of nitrogens with one attached hydrogen (secondary N) is 2. The highest BCUT2D eigenvalue weighted by molar-refractivity contribution is 7.80. The van der Waals surface area contributed by atoms with Gasteiger partial charge in [0.25, 0.3) is 0 Å². The number of hydrogen-bond donors (Lipinski definition) is 2. The van der Waals surface area contributed by atoms with E-state index in [1.54, 1.807) is 0 Å². The molecule has 26 heavy (non-hydrogen) atoms. The normalized spacial score (nSPS) is 10.5. The van der Waals surface area contributed by atoms with E-state index in [0.29, 0.717) is 11.7 Å². The topological polar surface area (TPSA) is 41.9 Å². The van der Waals surface area contributed by atoms with Crippen LogP contribution in [0.1, 0.15) is 28.1 Å². The molecule has 3 rings (SSSR count). The van der Waals surface area contributed by atoms with E-state index in [2.05, 4.69) is 63.7 Å². The van der Waals surface area contributed by atoms with Gasteiger partial charge in [-0.1, -0.05) is 60.7 Å². The van der Waals surface area contributed by atoms with Crippen LogP contribution in [0.25, 0.3) is 0 Å². The first-order chi connectivity index (χ1) is 12.6. The minimum atomic E-state index is 0.656. The van der Waals surface area contributed by atoms with E-state index in [0.717, 1.165) is 18.8 Å². The van der Waals surface area contributed by atoms with Gasteiger partial charge in [0, 0.05) is 24.3 Å². The molecule has 0 fully saturated rings. The summed E-state index contributed by atoms with van der Waals surface area (Å²) in [6.07, 6.45) is 0. The fourth-order valence-electron chi connectivity index (χ4n) is 2.91. The Morgan fingerprint density at radius 1 is 0.885 bits per heavy atom. The van der Waals surface area contributed by atoms with E-state index < -0.39 is 0 Å². The zero-order valence-corrected chi connectivity index (χ0v) is 16.0. The monoisotopic (exact) mass is 364 g/mol. The van der Waals surface area contributed by atoms with Crippen LogP contribution in [0.15, 0.2) is 60.7 Å². The van der Waals surface area contributed by atoms with Gasteiger partial charge >= 0.3 is 0 Å². The molecule has 0 bridgehead atoms. The van der Waals surface area contributed by atoms with Crippen LogP contribution in [0.2, 0.25) is 0 Å². The predicted molar refractivity (Wildman–Crippen MR) is 110 cm³/mol. The Morgan fingerprint density at radius 2 is 1.46 bits per heavy atom. The third-order valence-electron chi connectivity index (χ3n) is 4.43. The number of hydrogen-bond acceptors (Lipinski definition) is 2. The zero-order chi connectivity index (χ0) is 18.4. The van der Waals surface area contributed by atoms with Gasteiger partial charge in [0.2, 0.25) is 0 Å². The molecule has 1 heterocycles. The molecule has 0 spiro atoms.